The largest absolute Gasteiger partial charge is 0.310 e. The van der Waals surface area contributed by atoms with E-state index in [1.54, 1.807) is 6.92 Å². The van der Waals surface area contributed by atoms with Crippen LogP contribution in [0.5, 0.6) is 0 Å². The maximum Gasteiger partial charge on any atom is 0.260 e. The molecule has 0 radical (unpaired) electrons. The number of aromatic amines is 1. The lowest BCUT2D eigenvalue weighted by Crippen LogP contribution is -2.08. The van der Waals surface area contributed by atoms with E-state index in [0.29, 0.717) is 11.2 Å². The minimum absolute atomic E-state index is 0.0567. The molecule has 0 bridgehead atoms. The summed E-state index contributed by atoms with van der Waals surface area (Å²) in [4.78, 5) is 20.1. The summed E-state index contributed by atoms with van der Waals surface area (Å²) >= 11 is 1.52. The van der Waals surface area contributed by atoms with Crippen LogP contribution in [0, 0.1) is 20.8 Å². The number of fused-ring (bicyclic) bond motifs is 1. The smallest absolute Gasteiger partial charge is 0.260 e. The van der Waals surface area contributed by atoms with Gasteiger partial charge in [0.15, 0.2) is 0 Å². The SMILES string of the molecule is Cc1ccc(-c2csc3nc(C)[nH]c(=O)c23)c(C)c1. The molecule has 0 unspecified atom stereocenters. The number of H-pyrrole nitrogens is 1. The third-order valence-electron chi connectivity index (χ3n) is 3.23. The minimum Gasteiger partial charge on any atom is -0.310 e. The van der Waals surface area contributed by atoms with Crippen LogP contribution in [0.2, 0.25) is 0 Å². The molecular formula is C15H14N2OS. The highest BCUT2D eigenvalue weighted by molar-refractivity contribution is 7.17. The van der Waals surface area contributed by atoms with E-state index in [1.165, 1.54) is 22.5 Å². The van der Waals surface area contributed by atoms with Crippen molar-refractivity contribution in [1.29, 1.82) is 0 Å². The predicted octanol–water partition coefficient (Wildman–Crippen LogP) is 3.58. The number of hydrogen-bond donors (Lipinski definition) is 1. The minimum atomic E-state index is -0.0567. The van der Waals surface area contributed by atoms with Gasteiger partial charge in [-0.3, -0.25) is 4.79 Å². The summed E-state index contributed by atoms with van der Waals surface area (Å²) in [5.41, 5.74) is 4.43. The Balaban J connectivity index is 2.35. The summed E-state index contributed by atoms with van der Waals surface area (Å²) in [5, 5.41) is 2.71. The molecule has 2 heterocycles. The fourth-order valence-corrected chi connectivity index (χ4v) is 3.35. The second-order valence-corrected chi connectivity index (χ2v) is 5.66. The van der Waals surface area contributed by atoms with E-state index in [2.05, 4.69) is 42.0 Å². The van der Waals surface area contributed by atoms with Crippen LogP contribution in [0.1, 0.15) is 17.0 Å². The zero-order valence-corrected chi connectivity index (χ0v) is 11.9. The van der Waals surface area contributed by atoms with E-state index in [9.17, 15) is 4.79 Å². The third kappa shape index (κ3) is 1.98. The third-order valence-corrected chi connectivity index (χ3v) is 4.11. The van der Waals surface area contributed by atoms with Gasteiger partial charge in [-0.1, -0.05) is 23.8 Å². The molecule has 3 aromatic rings. The Bertz CT molecular complexity index is 830. The summed E-state index contributed by atoms with van der Waals surface area (Å²) in [5.74, 6) is 0.659. The summed E-state index contributed by atoms with van der Waals surface area (Å²) in [7, 11) is 0. The highest BCUT2D eigenvalue weighted by Crippen LogP contribution is 2.32. The van der Waals surface area contributed by atoms with Gasteiger partial charge in [0.05, 0.1) is 5.39 Å². The number of aromatic nitrogens is 2. The van der Waals surface area contributed by atoms with Crippen molar-refractivity contribution in [3.63, 3.8) is 0 Å². The Kier molecular flexibility index (Phi) is 2.75. The highest BCUT2D eigenvalue weighted by atomic mass is 32.1. The van der Waals surface area contributed by atoms with Crippen molar-refractivity contribution < 1.29 is 0 Å². The average molecular weight is 270 g/mol. The van der Waals surface area contributed by atoms with Gasteiger partial charge in [0, 0.05) is 10.9 Å². The number of benzene rings is 1. The molecule has 2 aromatic heterocycles. The van der Waals surface area contributed by atoms with Crippen molar-refractivity contribution in [3.05, 3.63) is 50.9 Å². The van der Waals surface area contributed by atoms with Gasteiger partial charge in [0.2, 0.25) is 0 Å². The molecule has 0 atom stereocenters. The van der Waals surface area contributed by atoms with E-state index >= 15 is 0 Å². The Morgan fingerprint density at radius 1 is 1.16 bits per heavy atom. The van der Waals surface area contributed by atoms with Crippen LogP contribution in [-0.4, -0.2) is 9.97 Å². The molecule has 96 valence electrons. The van der Waals surface area contributed by atoms with Crippen molar-refractivity contribution in [2.75, 3.05) is 0 Å². The maximum absolute atomic E-state index is 12.1. The Morgan fingerprint density at radius 3 is 2.68 bits per heavy atom. The van der Waals surface area contributed by atoms with Crippen LogP contribution < -0.4 is 5.56 Å². The molecule has 0 aliphatic heterocycles. The van der Waals surface area contributed by atoms with Crippen molar-refractivity contribution in [2.45, 2.75) is 20.8 Å². The van der Waals surface area contributed by atoms with Crippen LogP contribution in [0.4, 0.5) is 0 Å². The lowest BCUT2D eigenvalue weighted by molar-refractivity contribution is 1.07. The predicted molar refractivity (Wildman–Crippen MR) is 79.9 cm³/mol. The number of aryl methyl sites for hydroxylation is 3. The van der Waals surface area contributed by atoms with Gasteiger partial charge in [-0.2, -0.15) is 0 Å². The lowest BCUT2D eigenvalue weighted by atomic mass is 9.99. The molecule has 0 spiro atoms. The van der Waals surface area contributed by atoms with Crippen molar-refractivity contribution >= 4 is 21.6 Å². The first-order valence-corrected chi connectivity index (χ1v) is 7.00. The topological polar surface area (TPSA) is 45.8 Å². The molecule has 19 heavy (non-hydrogen) atoms. The zero-order chi connectivity index (χ0) is 13.6. The lowest BCUT2D eigenvalue weighted by Gasteiger charge is -2.05. The first-order valence-electron chi connectivity index (χ1n) is 6.12. The number of thiophene rings is 1. The molecule has 0 aliphatic carbocycles. The first-order chi connectivity index (χ1) is 9.06. The molecule has 1 aromatic carbocycles. The summed E-state index contributed by atoms with van der Waals surface area (Å²) in [6, 6.07) is 6.28. The van der Waals surface area contributed by atoms with Crippen LogP contribution in [0.3, 0.4) is 0 Å². The van der Waals surface area contributed by atoms with Gasteiger partial charge in [-0.05, 0) is 31.9 Å². The van der Waals surface area contributed by atoms with Gasteiger partial charge >= 0.3 is 0 Å². The van der Waals surface area contributed by atoms with E-state index in [-0.39, 0.29) is 5.56 Å². The molecular weight excluding hydrogens is 256 g/mol. The second-order valence-electron chi connectivity index (χ2n) is 4.80. The van der Waals surface area contributed by atoms with Gasteiger partial charge in [0.25, 0.3) is 5.56 Å². The van der Waals surface area contributed by atoms with Gasteiger partial charge < -0.3 is 4.98 Å². The molecule has 4 heteroatoms. The molecule has 3 rings (SSSR count). The number of nitrogens with zero attached hydrogens (tertiary/aromatic N) is 1. The van der Waals surface area contributed by atoms with Crippen molar-refractivity contribution in [2.24, 2.45) is 0 Å². The fraction of sp³-hybridized carbons (Fsp3) is 0.200. The zero-order valence-electron chi connectivity index (χ0n) is 11.1. The van der Waals surface area contributed by atoms with Crippen LogP contribution in [-0.2, 0) is 0 Å². The monoisotopic (exact) mass is 270 g/mol. The van der Waals surface area contributed by atoms with E-state index < -0.39 is 0 Å². The van der Waals surface area contributed by atoms with E-state index in [1.807, 2.05) is 5.38 Å². The normalized spacial score (nSPS) is 11.1. The van der Waals surface area contributed by atoms with Crippen molar-refractivity contribution in [3.8, 4) is 11.1 Å². The molecule has 0 aliphatic rings. The van der Waals surface area contributed by atoms with Gasteiger partial charge in [-0.25, -0.2) is 4.98 Å². The molecule has 0 saturated carbocycles. The van der Waals surface area contributed by atoms with Crippen molar-refractivity contribution in [1.82, 2.24) is 9.97 Å². The van der Waals surface area contributed by atoms with Gasteiger partial charge in [0.1, 0.15) is 10.7 Å². The van der Waals surface area contributed by atoms with Gasteiger partial charge in [-0.15, -0.1) is 11.3 Å². The van der Waals surface area contributed by atoms with E-state index in [0.717, 1.165) is 16.0 Å². The van der Waals surface area contributed by atoms with Crippen LogP contribution in [0.15, 0.2) is 28.4 Å². The second kappa shape index (κ2) is 4.31. The van der Waals surface area contributed by atoms with Crippen LogP contribution in [0.25, 0.3) is 21.3 Å². The van der Waals surface area contributed by atoms with Crippen LogP contribution >= 0.6 is 11.3 Å². The molecule has 0 saturated heterocycles. The molecule has 3 nitrogen and oxygen atoms in total. The fourth-order valence-electron chi connectivity index (χ4n) is 2.37. The standard InChI is InChI=1S/C15H14N2OS/c1-8-4-5-11(9(2)6-8)12-7-19-15-13(12)14(18)16-10(3)17-15/h4-7H,1-3H3,(H,16,17,18). The number of hydrogen-bond acceptors (Lipinski definition) is 3. The maximum atomic E-state index is 12.1. The first kappa shape index (κ1) is 12.1. The molecule has 0 fully saturated rings. The van der Waals surface area contributed by atoms with E-state index in [4.69, 9.17) is 0 Å². The summed E-state index contributed by atoms with van der Waals surface area (Å²) in [6.45, 7) is 5.94. The summed E-state index contributed by atoms with van der Waals surface area (Å²) < 4.78 is 0. The Labute approximate surface area is 115 Å². The molecule has 0 amide bonds. The number of nitrogens with one attached hydrogen (secondary N) is 1. The quantitative estimate of drug-likeness (QED) is 0.734. The molecule has 1 N–H and O–H groups in total. The highest BCUT2D eigenvalue weighted by Gasteiger charge is 2.13. The average Bonchev–Trinajstić information content (AvgIpc) is 2.72. The summed E-state index contributed by atoms with van der Waals surface area (Å²) in [6.07, 6.45) is 0. The Hall–Kier alpha value is -1.94. The Morgan fingerprint density at radius 2 is 1.95 bits per heavy atom. The number of rotatable bonds is 1.